The Morgan fingerprint density at radius 2 is 1.61 bits per heavy atom. The zero-order valence-corrected chi connectivity index (χ0v) is 13.0. The van der Waals surface area contributed by atoms with E-state index in [0.717, 1.165) is 22.7 Å². The molecule has 23 heavy (non-hydrogen) atoms. The predicted molar refractivity (Wildman–Crippen MR) is 90.1 cm³/mol. The van der Waals surface area contributed by atoms with Gasteiger partial charge in [0.25, 0.3) is 5.91 Å². The molecule has 0 bridgehead atoms. The van der Waals surface area contributed by atoms with E-state index in [-0.39, 0.29) is 5.91 Å². The van der Waals surface area contributed by atoms with Gasteiger partial charge in [0.1, 0.15) is 5.76 Å². The van der Waals surface area contributed by atoms with Gasteiger partial charge < -0.3 is 15.2 Å². The largest absolute Gasteiger partial charge is 0.360 e. The Morgan fingerprint density at radius 3 is 2.22 bits per heavy atom. The first-order valence-corrected chi connectivity index (χ1v) is 7.28. The number of benzene rings is 2. The maximum atomic E-state index is 12.2. The lowest BCUT2D eigenvalue weighted by Gasteiger charge is -2.07. The molecule has 0 saturated carbocycles. The molecule has 1 amide bonds. The fourth-order valence-corrected chi connectivity index (χ4v) is 2.12. The average Bonchev–Trinajstić information content (AvgIpc) is 2.95. The van der Waals surface area contributed by atoms with Crippen LogP contribution in [0, 0.1) is 13.8 Å². The minimum atomic E-state index is -0.127. The van der Waals surface area contributed by atoms with Gasteiger partial charge in [-0.25, -0.2) is 0 Å². The topological polar surface area (TPSA) is 67.2 Å². The Bertz CT molecular complexity index is 805. The van der Waals surface area contributed by atoms with Crippen LogP contribution in [0.1, 0.15) is 21.7 Å². The number of aromatic nitrogens is 1. The normalized spacial score (nSPS) is 10.3. The maximum Gasteiger partial charge on any atom is 0.255 e. The molecule has 0 spiro atoms. The lowest BCUT2D eigenvalue weighted by Crippen LogP contribution is -2.11. The van der Waals surface area contributed by atoms with Crippen LogP contribution in [-0.4, -0.2) is 11.1 Å². The molecule has 5 nitrogen and oxygen atoms in total. The molecule has 0 radical (unpaired) electrons. The number of hydrogen-bond donors (Lipinski definition) is 2. The van der Waals surface area contributed by atoms with E-state index in [1.54, 1.807) is 0 Å². The molecule has 2 N–H and O–H groups in total. The third kappa shape index (κ3) is 3.77. The van der Waals surface area contributed by atoms with E-state index in [0.29, 0.717) is 11.4 Å². The lowest BCUT2D eigenvalue weighted by atomic mass is 10.1. The molecule has 116 valence electrons. The fourth-order valence-electron chi connectivity index (χ4n) is 2.12. The monoisotopic (exact) mass is 307 g/mol. The van der Waals surface area contributed by atoms with Gasteiger partial charge in [-0.2, -0.15) is 0 Å². The van der Waals surface area contributed by atoms with Crippen molar-refractivity contribution in [3.63, 3.8) is 0 Å². The van der Waals surface area contributed by atoms with E-state index >= 15 is 0 Å². The van der Waals surface area contributed by atoms with Gasteiger partial charge in [0.2, 0.25) is 0 Å². The second-order valence-corrected chi connectivity index (χ2v) is 5.35. The summed E-state index contributed by atoms with van der Waals surface area (Å²) < 4.78 is 5.00. The highest BCUT2D eigenvalue weighted by atomic mass is 16.5. The number of carbonyl (C=O) groups is 1. The number of carbonyl (C=O) groups excluding carboxylic acids is 1. The van der Waals surface area contributed by atoms with Gasteiger partial charge in [-0.05, 0) is 50.2 Å². The van der Waals surface area contributed by atoms with Crippen LogP contribution in [0.3, 0.4) is 0 Å². The Kier molecular flexibility index (Phi) is 4.10. The summed E-state index contributed by atoms with van der Waals surface area (Å²) in [4.78, 5) is 12.2. The molecule has 5 heteroatoms. The first-order valence-electron chi connectivity index (χ1n) is 7.28. The first kappa shape index (κ1) is 14.8. The fraction of sp³-hybridized carbons (Fsp3) is 0.111. The van der Waals surface area contributed by atoms with Crippen molar-refractivity contribution in [1.82, 2.24) is 5.16 Å². The molecule has 0 fully saturated rings. The lowest BCUT2D eigenvalue weighted by molar-refractivity contribution is 0.102. The van der Waals surface area contributed by atoms with E-state index in [1.165, 1.54) is 0 Å². The standard InChI is InChI=1S/C18H17N3O2/c1-12-3-5-14(6-4-12)18(22)20-16-9-7-15(8-10-16)19-17-11-13(2)23-21-17/h3-11H,1-2H3,(H,19,21)(H,20,22). The average molecular weight is 307 g/mol. The van der Waals surface area contributed by atoms with Crippen molar-refractivity contribution in [2.75, 3.05) is 10.6 Å². The van der Waals surface area contributed by atoms with Gasteiger partial charge in [-0.1, -0.05) is 22.9 Å². The van der Waals surface area contributed by atoms with E-state index in [9.17, 15) is 4.79 Å². The number of hydrogen-bond acceptors (Lipinski definition) is 4. The molecule has 0 atom stereocenters. The summed E-state index contributed by atoms with van der Waals surface area (Å²) in [5.41, 5.74) is 3.36. The molecule has 0 aliphatic rings. The van der Waals surface area contributed by atoms with Crippen LogP contribution in [0.2, 0.25) is 0 Å². The van der Waals surface area contributed by atoms with E-state index < -0.39 is 0 Å². The summed E-state index contributed by atoms with van der Waals surface area (Å²) in [6.07, 6.45) is 0. The first-order chi connectivity index (χ1) is 11.1. The second-order valence-electron chi connectivity index (χ2n) is 5.35. The molecule has 0 aliphatic carbocycles. The zero-order valence-electron chi connectivity index (χ0n) is 13.0. The van der Waals surface area contributed by atoms with Gasteiger partial charge in [-0.3, -0.25) is 4.79 Å². The summed E-state index contributed by atoms with van der Waals surface area (Å²) in [5, 5.41) is 9.87. The molecule has 2 aromatic carbocycles. The Labute approximate surface area is 134 Å². The van der Waals surface area contributed by atoms with Crippen LogP contribution in [-0.2, 0) is 0 Å². The molecular weight excluding hydrogens is 290 g/mol. The maximum absolute atomic E-state index is 12.2. The third-order valence-electron chi connectivity index (χ3n) is 3.36. The number of nitrogens with one attached hydrogen (secondary N) is 2. The second kappa shape index (κ2) is 6.36. The van der Waals surface area contributed by atoms with Gasteiger partial charge in [0.15, 0.2) is 5.82 Å². The highest BCUT2D eigenvalue weighted by molar-refractivity contribution is 6.04. The number of anilines is 3. The molecule has 0 unspecified atom stereocenters. The quantitative estimate of drug-likeness (QED) is 0.754. The van der Waals surface area contributed by atoms with Crippen molar-refractivity contribution in [3.05, 3.63) is 71.5 Å². The van der Waals surface area contributed by atoms with Crippen molar-refractivity contribution < 1.29 is 9.32 Å². The zero-order chi connectivity index (χ0) is 16.2. The summed E-state index contributed by atoms with van der Waals surface area (Å²) in [5.74, 6) is 1.27. The number of nitrogens with zero attached hydrogens (tertiary/aromatic N) is 1. The molecule has 0 aliphatic heterocycles. The van der Waals surface area contributed by atoms with Gasteiger partial charge >= 0.3 is 0 Å². The Morgan fingerprint density at radius 1 is 0.957 bits per heavy atom. The van der Waals surface area contributed by atoms with Gasteiger partial charge in [-0.15, -0.1) is 0 Å². The Balaban J connectivity index is 1.65. The molecule has 3 aromatic rings. The van der Waals surface area contributed by atoms with Crippen LogP contribution in [0.25, 0.3) is 0 Å². The Hall–Kier alpha value is -3.08. The highest BCUT2D eigenvalue weighted by Crippen LogP contribution is 2.19. The van der Waals surface area contributed by atoms with Crippen LogP contribution in [0.15, 0.2) is 59.1 Å². The van der Waals surface area contributed by atoms with Crippen molar-refractivity contribution in [3.8, 4) is 0 Å². The predicted octanol–water partition coefficient (Wildman–Crippen LogP) is 4.29. The van der Waals surface area contributed by atoms with E-state index in [2.05, 4.69) is 15.8 Å². The molecule has 3 rings (SSSR count). The smallest absolute Gasteiger partial charge is 0.255 e. The SMILES string of the molecule is Cc1ccc(C(=O)Nc2ccc(Nc3cc(C)on3)cc2)cc1. The summed E-state index contributed by atoms with van der Waals surface area (Å²) >= 11 is 0. The molecule has 1 heterocycles. The molecule has 1 aromatic heterocycles. The minimum absolute atomic E-state index is 0.127. The molecular formula is C18H17N3O2. The van der Waals surface area contributed by atoms with Crippen LogP contribution in [0.5, 0.6) is 0 Å². The van der Waals surface area contributed by atoms with Gasteiger partial charge in [0.05, 0.1) is 0 Å². The summed E-state index contributed by atoms with van der Waals surface area (Å²) in [7, 11) is 0. The van der Waals surface area contributed by atoms with Crippen molar-refractivity contribution in [2.24, 2.45) is 0 Å². The number of amides is 1. The van der Waals surface area contributed by atoms with Crippen LogP contribution in [0.4, 0.5) is 17.2 Å². The van der Waals surface area contributed by atoms with Crippen LogP contribution < -0.4 is 10.6 Å². The van der Waals surface area contributed by atoms with E-state index in [1.807, 2.05) is 68.4 Å². The summed E-state index contributed by atoms with van der Waals surface area (Å²) in [6, 6.07) is 16.7. The van der Waals surface area contributed by atoms with Crippen molar-refractivity contribution in [1.29, 1.82) is 0 Å². The van der Waals surface area contributed by atoms with Gasteiger partial charge in [0, 0.05) is 23.0 Å². The third-order valence-corrected chi connectivity index (χ3v) is 3.36. The highest BCUT2D eigenvalue weighted by Gasteiger charge is 2.06. The number of aryl methyl sites for hydroxylation is 2. The van der Waals surface area contributed by atoms with Crippen molar-refractivity contribution in [2.45, 2.75) is 13.8 Å². The van der Waals surface area contributed by atoms with E-state index in [4.69, 9.17) is 4.52 Å². The molecule has 0 saturated heterocycles. The van der Waals surface area contributed by atoms with Crippen molar-refractivity contribution >= 4 is 23.1 Å². The number of rotatable bonds is 4. The summed E-state index contributed by atoms with van der Waals surface area (Å²) in [6.45, 7) is 3.83. The van der Waals surface area contributed by atoms with Crippen LogP contribution >= 0.6 is 0 Å². The minimum Gasteiger partial charge on any atom is -0.360 e.